The molecule has 0 aliphatic heterocycles. The normalized spacial score (nSPS) is 12.3. The van der Waals surface area contributed by atoms with Crippen molar-refractivity contribution in [1.29, 1.82) is 0 Å². The third-order valence-electron chi connectivity index (χ3n) is 2.77. The van der Waals surface area contributed by atoms with Gasteiger partial charge < -0.3 is 10.7 Å². The van der Waals surface area contributed by atoms with Gasteiger partial charge in [-0.25, -0.2) is 4.98 Å². The Labute approximate surface area is 106 Å². The number of rotatable bonds is 4. The molecule has 18 heavy (non-hydrogen) atoms. The zero-order chi connectivity index (χ0) is 13.0. The summed E-state index contributed by atoms with van der Waals surface area (Å²) < 4.78 is 0. The van der Waals surface area contributed by atoms with E-state index in [1.54, 1.807) is 0 Å². The molecule has 0 bridgehead atoms. The molecule has 0 spiro atoms. The second-order valence-electron chi connectivity index (χ2n) is 4.39. The van der Waals surface area contributed by atoms with Gasteiger partial charge in [-0.15, -0.1) is 0 Å². The van der Waals surface area contributed by atoms with Crippen LogP contribution in [0.3, 0.4) is 0 Å². The second-order valence-corrected chi connectivity index (χ2v) is 4.39. The molecule has 0 fully saturated rings. The highest BCUT2D eigenvalue weighted by Gasteiger charge is 2.05. The third kappa shape index (κ3) is 3.28. The molecule has 94 valence electrons. The van der Waals surface area contributed by atoms with Crippen molar-refractivity contribution >= 4 is 0 Å². The molecule has 3 N–H and O–H groups in total. The van der Waals surface area contributed by atoms with Gasteiger partial charge in [-0.2, -0.15) is 0 Å². The molecule has 0 saturated carbocycles. The molecule has 1 atom stereocenters. The molecule has 0 aliphatic rings. The van der Waals surface area contributed by atoms with E-state index in [1.807, 2.05) is 25.1 Å². The molecule has 1 aromatic carbocycles. The van der Waals surface area contributed by atoms with E-state index in [0.717, 1.165) is 6.42 Å². The van der Waals surface area contributed by atoms with Crippen LogP contribution in [0.4, 0.5) is 0 Å². The lowest BCUT2D eigenvalue weighted by Crippen LogP contribution is -2.17. The first-order valence-electron chi connectivity index (χ1n) is 6.05. The minimum Gasteiger partial charge on any atom is -0.323 e. The third-order valence-corrected chi connectivity index (χ3v) is 2.77. The van der Waals surface area contributed by atoms with E-state index in [1.165, 1.54) is 11.6 Å². The number of H-pyrrole nitrogens is 1. The molecule has 1 unspecified atom stereocenters. The summed E-state index contributed by atoms with van der Waals surface area (Å²) in [4.78, 5) is 18.6. The van der Waals surface area contributed by atoms with Gasteiger partial charge in [0, 0.05) is 18.5 Å². The summed E-state index contributed by atoms with van der Waals surface area (Å²) in [6.45, 7) is 1.82. The predicted molar refractivity (Wildman–Crippen MR) is 71.3 cm³/mol. The highest BCUT2D eigenvalue weighted by molar-refractivity contribution is 5.16. The Balaban J connectivity index is 2.12. The van der Waals surface area contributed by atoms with E-state index in [0.29, 0.717) is 17.9 Å². The van der Waals surface area contributed by atoms with Gasteiger partial charge in [-0.1, -0.05) is 30.3 Å². The van der Waals surface area contributed by atoms with Gasteiger partial charge in [0.2, 0.25) is 0 Å². The fraction of sp³-hybridized carbons (Fsp3) is 0.286. The van der Waals surface area contributed by atoms with Crippen LogP contribution in [0.25, 0.3) is 0 Å². The van der Waals surface area contributed by atoms with E-state index < -0.39 is 0 Å². The smallest absolute Gasteiger partial charge is 0.251 e. The fourth-order valence-corrected chi connectivity index (χ4v) is 1.79. The molecule has 4 heteroatoms. The lowest BCUT2D eigenvalue weighted by atomic mass is 10.1. The van der Waals surface area contributed by atoms with E-state index >= 15 is 0 Å². The molecular weight excluding hydrogens is 226 g/mol. The van der Waals surface area contributed by atoms with Gasteiger partial charge in [0.1, 0.15) is 5.82 Å². The van der Waals surface area contributed by atoms with Crippen molar-refractivity contribution in [2.75, 3.05) is 0 Å². The van der Waals surface area contributed by atoms with Gasteiger partial charge in [0.25, 0.3) is 5.56 Å². The van der Waals surface area contributed by atoms with Gasteiger partial charge in [0.15, 0.2) is 0 Å². The van der Waals surface area contributed by atoms with E-state index in [-0.39, 0.29) is 11.6 Å². The van der Waals surface area contributed by atoms with Crippen molar-refractivity contribution in [2.45, 2.75) is 25.8 Å². The van der Waals surface area contributed by atoms with E-state index in [4.69, 9.17) is 5.73 Å². The number of benzene rings is 1. The summed E-state index contributed by atoms with van der Waals surface area (Å²) in [5.74, 6) is 0.693. The molecule has 2 aromatic rings. The van der Waals surface area contributed by atoms with Crippen LogP contribution in [0.15, 0.2) is 41.2 Å². The van der Waals surface area contributed by atoms with Crippen molar-refractivity contribution < 1.29 is 0 Å². The Bertz CT molecular complexity index is 561. The summed E-state index contributed by atoms with van der Waals surface area (Å²) in [7, 11) is 0. The fourth-order valence-electron chi connectivity index (χ4n) is 1.79. The first-order valence-corrected chi connectivity index (χ1v) is 6.05. The maximum atomic E-state index is 11.5. The number of hydrogen-bond acceptors (Lipinski definition) is 3. The average Bonchev–Trinajstić information content (AvgIpc) is 2.37. The monoisotopic (exact) mass is 243 g/mol. The minimum absolute atomic E-state index is 0.139. The molecule has 1 heterocycles. The van der Waals surface area contributed by atoms with Gasteiger partial charge in [-0.05, 0) is 18.9 Å². The van der Waals surface area contributed by atoms with E-state index in [2.05, 4.69) is 22.1 Å². The van der Waals surface area contributed by atoms with Crippen LogP contribution in [0.1, 0.15) is 30.0 Å². The molecule has 0 radical (unpaired) electrons. The predicted octanol–water partition coefficient (Wildman–Crippen LogP) is 1.57. The molecule has 1 aromatic heterocycles. The van der Waals surface area contributed by atoms with Gasteiger partial charge >= 0.3 is 0 Å². The highest BCUT2D eigenvalue weighted by atomic mass is 16.1. The van der Waals surface area contributed by atoms with Crippen molar-refractivity contribution in [1.82, 2.24) is 9.97 Å². The molecule has 0 saturated heterocycles. The van der Waals surface area contributed by atoms with Crippen LogP contribution in [0.5, 0.6) is 0 Å². The number of nitrogens with two attached hydrogens (primary N) is 1. The number of aromatic amines is 1. The van der Waals surface area contributed by atoms with Crippen molar-refractivity contribution in [3.8, 4) is 0 Å². The molecular formula is C14H17N3O. The number of aryl methyl sites for hydroxylation is 2. The SMILES string of the molecule is CC(N)c1cc(=O)[nH]c(CCc2ccccc2)n1. The topological polar surface area (TPSA) is 71.8 Å². The largest absolute Gasteiger partial charge is 0.323 e. The molecule has 4 nitrogen and oxygen atoms in total. The lowest BCUT2D eigenvalue weighted by molar-refractivity contribution is 0.739. The average molecular weight is 243 g/mol. The Morgan fingerprint density at radius 3 is 2.67 bits per heavy atom. The van der Waals surface area contributed by atoms with Crippen LogP contribution in [-0.4, -0.2) is 9.97 Å². The zero-order valence-electron chi connectivity index (χ0n) is 10.4. The van der Waals surface area contributed by atoms with Gasteiger partial charge in [-0.3, -0.25) is 4.79 Å². The molecule has 2 rings (SSSR count). The molecule has 0 amide bonds. The quantitative estimate of drug-likeness (QED) is 0.856. The summed E-state index contributed by atoms with van der Waals surface area (Å²) in [5.41, 5.74) is 7.47. The van der Waals surface area contributed by atoms with Crippen molar-refractivity contribution in [3.63, 3.8) is 0 Å². The van der Waals surface area contributed by atoms with Crippen LogP contribution < -0.4 is 11.3 Å². The Hall–Kier alpha value is -1.94. The van der Waals surface area contributed by atoms with Crippen LogP contribution in [0.2, 0.25) is 0 Å². The van der Waals surface area contributed by atoms with Crippen molar-refractivity contribution in [2.24, 2.45) is 5.73 Å². The number of nitrogens with one attached hydrogen (secondary N) is 1. The number of aromatic nitrogens is 2. The zero-order valence-corrected chi connectivity index (χ0v) is 10.4. The summed E-state index contributed by atoms with van der Waals surface area (Å²) >= 11 is 0. The second kappa shape index (κ2) is 5.60. The maximum Gasteiger partial charge on any atom is 0.251 e. The Kier molecular flexibility index (Phi) is 3.89. The first-order chi connectivity index (χ1) is 8.65. The summed E-state index contributed by atoms with van der Waals surface area (Å²) in [6.07, 6.45) is 1.56. The van der Waals surface area contributed by atoms with Crippen LogP contribution >= 0.6 is 0 Å². The van der Waals surface area contributed by atoms with Crippen LogP contribution in [0, 0.1) is 0 Å². The lowest BCUT2D eigenvalue weighted by Gasteiger charge is -2.06. The van der Waals surface area contributed by atoms with E-state index in [9.17, 15) is 4.79 Å². The van der Waals surface area contributed by atoms with Crippen LogP contribution in [-0.2, 0) is 12.8 Å². The molecule has 0 aliphatic carbocycles. The maximum absolute atomic E-state index is 11.5. The Morgan fingerprint density at radius 1 is 1.28 bits per heavy atom. The number of nitrogens with zero attached hydrogens (tertiary/aromatic N) is 1. The summed E-state index contributed by atoms with van der Waals surface area (Å²) in [5, 5.41) is 0. The van der Waals surface area contributed by atoms with Gasteiger partial charge in [0.05, 0.1) is 5.69 Å². The first kappa shape index (κ1) is 12.5. The summed E-state index contributed by atoms with van der Waals surface area (Å²) in [6, 6.07) is 11.4. The Morgan fingerprint density at radius 2 is 2.00 bits per heavy atom. The minimum atomic E-state index is -0.220. The standard InChI is InChI=1S/C14H17N3O/c1-10(15)12-9-14(18)17-13(16-12)8-7-11-5-3-2-4-6-11/h2-6,9-10H,7-8,15H2,1H3,(H,16,17,18). The number of hydrogen-bond donors (Lipinski definition) is 2. The highest BCUT2D eigenvalue weighted by Crippen LogP contribution is 2.06. The van der Waals surface area contributed by atoms with Crippen molar-refractivity contribution in [3.05, 3.63) is 63.8 Å².